The van der Waals surface area contributed by atoms with Crippen LogP contribution in [0.25, 0.3) is 0 Å². The molecular weight excluding hydrogens is 323 g/mol. The van der Waals surface area contributed by atoms with E-state index in [4.69, 9.17) is 22.1 Å². The maximum absolute atomic E-state index is 14.3. The minimum Gasteiger partial charge on any atom is -0.468 e. The molecule has 2 unspecified atom stereocenters. The van der Waals surface area contributed by atoms with Gasteiger partial charge in [0.1, 0.15) is 11.9 Å². The second kappa shape index (κ2) is 7.75. The molecule has 5 nitrogen and oxygen atoms in total. The molecular formula is C16H20ClFN2O3. The average molecular weight is 343 g/mol. The Labute approximate surface area is 139 Å². The monoisotopic (exact) mass is 342 g/mol. The van der Waals surface area contributed by atoms with Crippen LogP contribution in [0.2, 0.25) is 5.02 Å². The zero-order chi connectivity index (χ0) is 17.0. The normalized spacial score (nSPS) is 20.0. The molecule has 2 rings (SSSR count). The lowest BCUT2D eigenvalue weighted by Crippen LogP contribution is -2.43. The minimum absolute atomic E-state index is 0.0407. The zero-order valence-corrected chi connectivity index (χ0v) is 13.7. The molecule has 1 saturated heterocycles. The maximum Gasteiger partial charge on any atom is 0.327 e. The lowest BCUT2D eigenvalue weighted by atomic mass is 9.92. The Morgan fingerprint density at radius 2 is 2.26 bits per heavy atom. The highest BCUT2D eigenvalue weighted by molar-refractivity contribution is 6.31. The third-order valence-electron chi connectivity index (χ3n) is 4.10. The number of ether oxygens (including phenoxy) is 1. The molecule has 1 fully saturated rings. The van der Waals surface area contributed by atoms with Crippen LogP contribution in [0.5, 0.6) is 0 Å². The van der Waals surface area contributed by atoms with Gasteiger partial charge in [0.05, 0.1) is 7.11 Å². The van der Waals surface area contributed by atoms with E-state index in [1.165, 1.54) is 19.2 Å². The zero-order valence-electron chi connectivity index (χ0n) is 12.9. The summed E-state index contributed by atoms with van der Waals surface area (Å²) in [4.78, 5) is 25.2. The first-order valence-electron chi connectivity index (χ1n) is 7.48. The number of hydrogen-bond donors (Lipinski definition) is 1. The Morgan fingerprint density at radius 3 is 2.87 bits per heavy atom. The number of piperidine rings is 1. The number of primary amides is 1. The topological polar surface area (TPSA) is 72.6 Å². The highest BCUT2D eigenvalue weighted by Gasteiger charge is 2.35. The number of nitrogens with two attached hydrogens (primary N) is 1. The van der Waals surface area contributed by atoms with Crippen molar-refractivity contribution in [2.45, 2.75) is 25.3 Å². The summed E-state index contributed by atoms with van der Waals surface area (Å²) in [5.74, 6) is -1.46. The molecule has 1 aliphatic rings. The van der Waals surface area contributed by atoms with Crippen LogP contribution >= 0.6 is 11.6 Å². The van der Waals surface area contributed by atoms with Crippen LogP contribution in [0.4, 0.5) is 4.39 Å². The van der Waals surface area contributed by atoms with Gasteiger partial charge in [-0.05, 0) is 37.4 Å². The molecule has 7 heteroatoms. The van der Waals surface area contributed by atoms with E-state index >= 15 is 0 Å². The van der Waals surface area contributed by atoms with Crippen LogP contribution in [-0.2, 0) is 14.3 Å². The van der Waals surface area contributed by atoms with Crippen LogP contribution in [-0.4, -0.2) is 37.0 Å². The molecule has 2 N–H and O–H groups in total. The van der Waals surface area contributed by atoms with Crippen molar-refractivity contribution in [1.82, 2.24) is 4.90 Å². The number of carbonyl (C=O) groups excluding carboxylic acids is 2. The van der Waals surface area contributed by atoms with Crippen molar-refractivity contribution in [3.63, 3.8) is 0 Å². The van der Waals surface area contributed by atoms with E-state index in [1.807, 2.05) is 4.90 Å². The second-order valence-electron chi connectivity index (χ2n) is 5.73. The first-order valence-corrected chi connectivity index (χ1v) is 7.86. The standard InChI is InChI=1S/C16H20ClFN2O3/c1-23-16(22)15(14-11(17)5-2-6-12(14)18)20-7-3-4-10(9-20)8-13(19)21/h2,5-6,10,15H,3-4,7-9H2,1H3,(H2,19,21). The predicted octanol–water partition coefficient (Wildman–Crippen LogP) is 2.28. The third kappa shape index (κ3) is 4.20. The van der Waals surface area contributed by atoms with Crippen LogP contribution in [0.3, 0.4) is 0 Å². The van der Waals surface area contributed by atoms with E-state index in [1.54, 1.807) is 6.07 Å². The van der Waals surface area contributed by atoms with Gasteiger partial charge in [0.2, 0.25) is 5.91 Å². The van der Waals surface area contributed by atoms with E-state index in [0.717, 1.165) is 12.8 Å². The fourth-order valence-corrected chi connectivity index (χ4v) is 3.38. The van der Waals surface area contributed by atoms with Crippen molar-refractivity contribution in [1.29, 1.82) is 0 Å². The van der Waals surface area contributed by atoms with Gasteiger partial charge in [-0.25, -0.2) is 9.18 Å². The first-order chi connectivity index (χ1) is 10.9. The number of halogens is 2. The van der Waals surface area contributed by atoms with E-state index in [9.17, 15) is 14.0 Å². The highest BCUT2D eigenvalue weighted by Crippen LogP contribution is 2.34. The Kier molecular flexibility index (Phi) is 5.96. The molecule has 1 amide bonds. The second-order valence-corrected chi connectivity index (χ2v) is 6.14. The van der Waals surface area contributed by atoms with Crippen LogP contribution in [0, 0.1) is 11.7 Å². The van der Waals surface area contributed by atoms with E-state index in [-0.39, 0.29) is 28.8 Å². The van der Waals surface area contributed by atoms with E-state index in [0.29, 0.717) is 13.1 Å². The minimum atomic E-state index is -0.927. The molecule has 0 radical (unpaired) electrons. The molecule has 0 spiro atoms. The van der Waals surface area contributed by atoms with E-state index < -0.39 is 17.8 Å². The number of amides is 1. The molecule has 0 saturated carbocycles. The third-order valence-corrected chi connectivity index (χ3v) is 4.43. The molecule has 1 aromatic carbocycles. The van der Waals surface area contributed by atoms with Crippen molar-refractivity contribution in [2.75, 3.05) is 20.2 Å². The Morgan fingerprint density at radius 1 is 1.52 bits per heavy atom. The maximum atomic E-state index is 14.3. The summed E-state index contributed by atoms with van der Waals surface area (Å²) in [5, 5.41) is 0.178. The van der Waals surface area contributed by atoms with E-state index in [2.05, 4.69) is 0 Å². The summed E-state index contributed by atoms with van der Waals surface area (Å²) in [6.07, 6.45) is 1.88. The number of carbonyl (C=O) groups is 2. The van der Waals surface area contributed by atoms with Gasteiger partial charge in [-0.15, -0.1) is 0 Å². The smallest absolute Gasteiger partial charge is 0.327 e. The summed E-state index contributed by atoms with van der Waals surface area (Å²) in [5.41, 5.74) is 5.37. The number of esters is 1. The summed E-state index contributed by atoms with van der Waals surface area (Å²) >= 11 is 6.12. The Bertz CT molecular complexity index is 576. The van der Waals surface area contributed by atoms with Gasteiger partial charge in [0, 0.05) is 23.6 Å². The SMILES string of the molecule is COC(=O)C(c1c(F)cccc1Cl)N1CCCC(CC(N)=O)C1. The summed E-state index contributed by atoms with van der Waals surface area (Å²) in [7, 11) is 1.26. The fraction of sp³-hybridized carbons (Fsp3) is 0.500. The van der Waals surface area contributed by atoms with Crippen LogP contribution < -0.4 is 5.73 Å². The predicted molar refractivity (Wildman–Crippen MR) is 84.3 cm³/mol. The van der Waals surface area contributed by atoms with Gasteiger partial charge in [0.25, 0.3) is 0 Å². The highest BCUT2D eigenvalue weighted by atomic mass is 35.5. The molecule has 1 heterocycles. The molecule has 1 aromatic rings. The van der Waals surface area contributed by atoms with Gasteiger partial charge in [-0.2, -0.15) is 0 Å². The molecule has 0 aliphatic carbocycles. The lowest BCUT2D eigenvalue weighted by Gasteiger charge is -2.37. The first kappa shape index (κ1) is 17.7. The fourth-order valence-electron chi connectivity index (χ4n) is 3.12. The summed E-state index contributed by atoms with van der Waals surface area (Å²) in [6.45, 7) is 1.06. The molecule has 126 valence electrons. The van der Waals surface area contributed by atoms with Gasteiger partial charge in [0.15, 0.2) is 0 Å². The van der Waals surface area contributed by atoms with Gasteiger partial charge >= 0.3 is 5.97 Å². The van der Waals surface area contributed by atoms with Gasteiger partial charge < -0.3 is 10.5 Å². The van der Waals surface area contributed by atoms with Gasteiger partial charge in [-0.1, -0.05) is 17.7 Å². The van der Waals surface area contributed by atoms with Crippen molar-refractivity contribution in [3.8, 4) is 0 Å². The number of likely N-dealkylation sites (tertiary alicyclic amines) is 1. The number of hydrogen-bond acceptors (Lipinski definition) is 4. The van der Waals surface area contributed by atoms with Crippen molar-refractivity contribution in [2.24, 2.45) is 11.7 Å². The number of rotatable bonds is 5. The van der Waals surface area contributed by atoms with Crippen molar-refractivity contribution < 1.29 is 18.7 Å². The number of benzene rings is 1. The number of nitrogens with zero attached hydrogens (tertiary/aromatic N) is 1. The molecule has 1 aliphatic heterocycles. The molecule has 0 aromatic heterocycles. The summed E-state index contributed by atoms with van der Waals surface area (Å²) < 4.78 is 19.1. The van der Waals surface area contributed by atoms with Crippen molar-refractivity contribution >= 4 is 23.5 Å². The van der Waals surface area contributed by atoms with Crippen LogP contribution in [0.1, 0.15) is 30.9 Å². The molecule has 2 atom stereocenters. The molecule has 0 bridgehead atoms. The average Bonchev–Trinajstić information content (AvgIpc) is 2.50. The Hall–Kier alpha value is -1.66. The van der Waals surface area contributed by atoms with Crippen LogP contribution in [0.15, 0.2) is 18.2 Å². The largest absolute Gasteiger partial charge is 0.468 e. The lowest BCUT2D eigenvalue weighted by molar-refractivity contribution is -0.148. The quantitative estimate of drug-likeness (QED) is 0.833. The number of methoxy groups -OCH3 is 1. The Balaban J connectivity index is 2.32. The van der Waals surface area contributed by atoms with Crippen molar-refractivity contribution in [3.05, 3.63) is 34.6 Å². The molecule has 23 heavy (non-hydrogen) atoms. The van der Waals surface area contributed by atoms with Gasteiger partial charge in [-0.3, -0.25) is 9.69 Å². The summed E-state index contributed by atoms with van der Waals surface area (Å²) in [6, 6.07) is 3.37.